The van der Waals surface area contributed by atoms with Crippen LogP contribution in [0, 0.1) is 0 Å². The Hall–Kier alpha value is -2.66. The van der Waals surface area contributed by atoms with Crippen LogP contribution in [0.4, 0.5) is 0 Å². The second-order valence-corrected chi connectivity index (χ2v) is 6.48. The van der Waals surface area contributed by atoms with Crippen molar-refractivity contribution in [3.63, 3.8) is 0 Å². The van der Waals surface area contributed by atoms with E-state index in [9.17, 15) is 4.79 Å². The van der Waals surface area contributed by atoms with Crippen LogP contribution in [-0.4, -0.2) is 33.7 Å². The SMILES string of the molecule is CCN(CC)C(=O)C=Cc1cn(-c2ccccc2)nc1-c1cccs1. The molecule has 0 N–H and O–H groups in total. The third-order valence-corrected chi connectivity index (χ3v) is 4.88. The van der Waals surface area contributed by atoms with Crippen molar-refractivity contribution in [2.24, 2.45) is 0 Å². The van der Waals surface area contributed by atoms with Crippen LogP contribution in [0.3, 0.4) is 0 Å². The summed E-state index contributed by atoms with van der Waals surface area (Å²) in [5.74, 6) is 0.0228. The summed E-state index contributed by atoms with van der Waals surface area (Å²) in [5.41, 5.74) is 2.82. The Morgan fingerprint density at radius 1 is 1.16 bits per heavy atom. The third kappa shape index (κ3) is 3.88. The van der Waals surface area contributed by atoms with Gasteiger partial charge in [-0.3, -0.25) is 4.79 Å². The molecule has 0 aliphatic carbocycles. The number of benzene rings is 1. The monoisotopic (exact) mass is 351 g/mol. The Bertz CT molecular complexity index is 846. The molecule has 1 aromatic carbocycles. The average Bonchev–Trinajstić information content (AvgIpc) is 3.31. The lowest BCUT2D eigenvalue weighted by molar-refractivity contribution is -0.125. The van der Waals surface area contributed by atoms with E-state index in [0.717, 1.165) is 21.8 Å². The number of nitrogens with zero attached hydrogens (tertiary/aromatic N) is 3. The fraction of sp³-hybridized carbons (Fsp3) is 0.200. The van der Waals surface area contributed by atoms with Gasteiger partial charge in [0.05, 0.1) is 10.6 Å². The molecule has 0 spiro atoms. The van der Waals surface area contributed by atoms with Crippen LogP contribution < -0.4 is 0 Å². The fourth-order valence-electron chi connectivity index (χ4n) is 2.63. The molecule has 128 valence electrons. The predicted molar refractivity (Wildman–Crippen MR) is 104 cm³/mol. The zero-order chi connectivity index (χ0) is 17.6. The Labute approximate surface area is 152 Å². The van der Waals surface area contributed by atoms with Gasteiger partial charge in [0.1, 0.15) is 5.69 Å². The number of likely N-dealkylation sites (N-methyl/N-ethyl adjacent to an activating group) is 1. The van der Waals surface area contributed by atoms with Crippen LogP contribution in [0.15, 0.2) is 60.1 Å². The molecule has 2 heterocycles. The highest BCUT2D eigenvalue weighted by Gasteiger charge is 2.12. The lowest BCUT2D eigenvalue weighted by Crippen LogP contribution is -2.28. The summed E-state index contributed by atoms with van der Waals surface area (Å²) in [7, 11) is 0. The maximum atomic E-state index is 12.3. The number of amides is 1. The van der Waals surface area contributed by atoms with Gasteiger partial charge in [0.15, 0.2) is 0 Å². The van der Waals surface area contributed by atoms with Gasteiger partial charge in [-0.2, -0.15) is 5.10 Å². The maximum absolute atomic E-state index is 12.3. The number of rotatable bonds is 6. The summed E-state index contributed by atoms with van der Waals surface area (Å²) >= 11 is 1.64. The molecule has 4 nitrogen and oxygen atoms in total. The Kier molecular flexibility index (Phi) is 5.46. The highest BCUT2D eigenvalue weighted by atomic mass is 32.1. The molecular weight excluding hydrogens is 330 g/mol. The van der Waals surface area contributed by atoms with E-state index in [2.05, 4.69) is 0 Å². The molecule has 0 aliphatic heterocycles. The van der Waals surface area contributed by atoms with E-state index in [-0.39, 0.29) is 5.91 Å². The molecule has 25 heavy (non-hydrogen) atoms. The lowest BCUT2D eigenvalue weighted by Gasteiger charge is -2.15. The first kappa shape index (κ1) is 17.2. The van der Waals surface area contributed by atoms with Crippen LogP contribution in [0.5, 0.6) is 0 Å². The third-order valence-electron chi connectivity index (χ3n) is 4.00. The van der Waals surface area contributed by atoms with Crippen LogP contribution in [0.1, 0.15) is 19.4 Å². The van der Waals surface area contributed by atoms with Crippen molar-refractivity contribution in [2.45, 2.75) is 13.8 Å². The van der Waals surface area contributed by atoms with Gasteiger partial charge in [0, 0.05) is 30.9 Å². The van der Waals surface area contributed by atoms with E-state index in [0.29, 0.717) is 13.1 Å². The van der Waals surface area contributed by atoms with Gasteiger partial charge in [-0.25, -0.2) is 4.68 Å². The molecular formula is C20H21N3OS. The number of para-hydroxylation sites is 1. The zero-order valence-corrected chi connectivity index (χ0v) is 15.2. The van der Waals surface area contributed by atoms with Crippen molar-refractivity contribution in [1.82, 2.24) is 14.7 Å². The second-order valence-electron chi connectivity index (χ2n) is 5.53. The van der Waals surface area contributed by atoms with Crippen molar-refractivity contribution < 1.29 is 4.79 Å². The van der Waals surface area contributed by atoms with E-state index in [1.165, 1.54) is 0 Å². The molecule has 0 saturated carbocycles. The molecule has 3 aromatic rings. The molecule has 0 atom stereocenters. The number of carbonyl (C=O) groups is 1. The quantitative estimate of drug-likeness (QED) is 0.614. The fourth-order valence-corrected chi connectivity index (χ4v) is 3.36. The highest BCUT2D eigenvalue weighted by molar-refractivity contribution is 7.13. The summed E-state index contributed by atoms with van der Waals surface area (Å²) in [6.07, 6.45) is 5.47. The Morgan fingerprint density at radius 3 is 2.56 bits per heavy atom. The van der Waals surface area contributed by atoms with Gasteiger partial charge in [-0.05, 0) is 43.5 Å². The van der Waals surface area contributed by atoms with Gasteiger partial charge in [0.2, 0.25) is 5.91 Å². The molecule has 2 aromatic heterocycles. The van der Waals surface area contributed by atoms with Crippen molar-refractivity contribution in [3.05, 3.63) is 65.7 Å². The number of hydrogen-bond acceptors (Lipinski definition) is 3. The Morgan fingerprint density at radius 2 is 1.92 bits per heavy atom. The highest BCUT2D eigenvalue weighted by Crippen LogP contribution is 2.28. The maximum Gasteiger partial charge on any atom is 0.246 e. The first-order chi connectivity index (χ1) is 12.2. The summed E-state index contributed by atoms with van der Waals surface area (Å²) in [6, 6.07) is 14.0. The van der Waals surface area contributed by atoms with Gasteiger partial charge < -0.3 is 4.90 Å². The smallest absolute Gasteiger partial charge is 0.246 e. The summed E-state index contributed by atoms with van der Waals surface area (Å²) in [5, 5.41) is 6.77. The second kappa shape index (κ2) is 7.94. The molecule has 0 bridgehead atoms. The molecule has 0 fully saturated rings. The van der Waals surface area contributed by atoms with E-state index < -0.39 is 0 Å². The number of hydrogen-bond donors (Lipinski definition) is 0. The Balaban J connectivity index is 1.97. The van der Waals surface area contributed by atoms with Crippen LogP contribution >= 0.6 is 11.3 Å². The zero-order valence-electron chi connectivity index (χ0n) is 14.4. The number of carbonyl (C=O) groups excluding carboxylic acids is 1. The molecule has 0 radical (unpaired) electrons. The number of thiophene rings is 1. The van der Waals surface area contributed by atoms with Crippen molar-refractivity contribution in [1.29, 1.82) is 0 Å². The molecule has 0 unspecified atom stereocenters. The molecule has 0 aliphatic rings. The van der Waals surface area contributed by atoms with Crippen molar-refractivity contribution in [2.75, 3.05) is 13.1 Å². The molecule has 0 saturated heterocycles. The normalized spacial score (nSPS) is 11.1. The standard InChI is InChI=1S/C20H21N3OS/c1-3-22(4-2)19(24)13-12-16-15-23(17-9-6-5-7-10-17)21-20(16)18-11-8-14-25-18/h5-15H,3-4H2,1-2H3. The predicted octanol–water partition coefficient (Wildman–Crippen LogP) is 4.48. The summed E-state index contributed by atoms with van der Waals surface area (Å²) < 4.78 is 1.86. The van der Waals surface area contributed by atoms with Crippen LogP contribution in [-0.2, 0) is 4.79 Å². The van der Waals surface area contributed by atoms with Crippen molar-refractivity contribution in [3.8, 4) is 16.3 Å². The van der Waals surface area contributed by atoms with Gasteiger partial charge in [0.25, 0.3) is 0 Å². The average molecular weight is 351 g/mol. The number of aromatic nitrogens is 2. The van der Waals surface area contributed by atoms with Crippen molar-refractivity contribution >= 4 is 23.3 Å². The minimum atomic E-state index is 0.0228. The van der Waals surface area contributed by atoms with E-state index in [1.807, 2.05) is 78.6 Å². The minimum Gasteiger partial charge on any atom is -0.340 e. The van der Waals surface area contributed by atoms with Crippen LogP contribution in [0.2, 0.25) is 0 Å². The van der Waals surface area contributed by atoms with Gasteiger partial charge in [-0.1, -0.05) is 24.3 Å². The first-order valence-electron chi connectivity index (χ1n) is 8.39. The first-order valence-corrected chi connectivity index (χ1v) is 9.26. The van der Waals surface area contributed by atoms with Gasteiger partial charge >= 0.3 is 0 Å². The molecule has 1 amide bonds. The molecule has 5 heteroatoms. The van der Waals surface area contributed by atoms with Gasteiger partial charge in [-0.15, -0.1) is 11.3 Å². The van der Waals surface area contributed by atoms with E-state index >= 15 is 0 Å². The van der Waals surface area contributed by atoms with E-state index in [4.69, 9.17) is 5.10 Å². The molecule has 3 rings (SSSR count). The van der Waals surface area contributed by atoms with Crippen LogP contribution in [0.25, 0.3) is 22.3 Å². The summed E-state index contributed by atoms with van der Waals surface area (Å²) in [4.78, 5) is 15.1. The minimum absolute atomic E-state index is 0.0228. The summed E-state index contributed by atoms with van der Waals surface area (Å²) in [6.45, 7) is 5.39. The lowest BCUT2D eigenvalue weighted by atomic mass is 10.2. The largest absolute Gasteiger partial charge is 0.340 e. The van der Waals surface area contributed by atoms with E-state index in [1.54, 1.807) is 22.3 Å². The topological polar surface area (TPSA) is 38.1 Å².